The van der Waals surface area contributed by atoms with E-state index in [0.717, 1.165) is 22.7 Å². The normalized spacial score (nSPS) is 10.7. The van der Waals surface area contributed by atoms with E-state index in [9.17, 15) is 4.79 Å². The zero-order valence-electron chi connectivity index (χ0n) is 17.0. The number of H-pyrrole nitrogens is 1. The summed E-state index contributed by atoms with van der Waals surface area (Å²) < 4.78 is 8.17. The van der Waals surface area contributed by atoms with Gasteiger partial charge in [0.25, 0.3) is 0 Å². The molecule has 0 aliphatic heterocycles. The topological polar surface area (TPSA) is 63.2 Å². The Morgan fingerprint density at radius 2 is 1.90 bits per heavy atom. The molecule has 0 unspecified atom stereocenters. The van der Waals surface area contributed by atoms with Crippen LogP contribution in [-0.2, 0) is 11.3 Å². The van der Waals surface area contributed by atoms with Crippen LogP contribution in [0.5, 0.6) is 5.75 Å². The van der Waals surface area contributed by atoms with E-state index in [1.807, 2.05) is 66.9 Å². The Labute approximate surface area is 176 Å². The Morgan fingerprint density at radius 3 is 2.62 bits per heavy atom. The number of benzene rings is 2. The van der Waals surface area contributed by atoms with Crippen LogP contribution in [0.4, 0.5) is 0 Å². The Hall–Kier alpha value is -2.93. The van der Waals surface area contributed by atoms with Gasteiger partial charge in [-0.3, -0.25) is 14.5 Å². The molecule has 3 rings (SSSR count). The predicted molar refractivity (Wildman–Crippen MR) is 117 cm³/mol. The maximum Gasteiger partial charge on any atom is 0.224 e. The van der Waals surface area contributed by atoms with Gasteiger partial charge < -0.3 is 9.64 Å². The molecule has 3 aromatic rings. The molecule has 0 bridgehead atoms. The first-order valence-corrected chi connectivity index (χ1v) is 10.0. The summed E-state index contributed by atoms with van der Waals surface area (Å²) in [6.45, 7) is 5.49. The molecule has 0 spiro atoms. The molecule has 152 valence electrons. The van der Waals surface area contributed by atoms with Crippen molar-refractivity contribution >= 4 is 18.1 Å². The zero-order chi connectivity index (χ0) is 20.8. The van der Waals surface area contributed by atoms with E-state index < -0.39 is 0 Å². The minimum Gasteiger partial charge on any atom is -0.491 e. The van der Waals surface area contributed by atoms with Gasteiger partial charge in [0.2, 0.25) is 5.91 Å². The Bertz CT molecular complexity index is 1020. The molecule has 1 heterocycles. The maximum absolute atomic E-state index is 12.5. The molecule has 1 aromatic heterocycles. The molecule has 0 aliphatic rings. The van der Waals surface area contributed by atoms with E-state index in [2.05, 4.69) is 10.2 Å². The van der Waals surface area contributed by atoms with E-state index in [1.54, 1.807) is 11.9 Å². The van der Waals surface area contributed by atoms with Crippen LogP contribution in [0.1, 0.15) is 17.5 Å². The Kier molecular flexibility index (Phi) is 6.82. The van der Waals surface area contributed by atoms with E-state index in [4.69, 9.17) is 17.0 Å². The molecule has 2 aromatic carbocycles. The number of rotatable bonds is 8. The smallest absolute Gasteiger partial charge is 0.224 e. The largest absolute Gasteiger partial charge is 0.491 e. The molecular formula is C22H26N4O2S. The van der Waals surface area contributed by atoms with Crippen LogP contribution in [0.3, 0.4) is 0 Å². The fourth-order valence-electron chi connectivity index (χ4n) is 2.98. The van der Waals surface area contributed by atoms with Crippen LogP contribution >= 0.6 is 12.2 Å². The van der Waals surface area contributed by atoms with Gasteiger partial charge >= 0.3 is 0 Å². The highest BCUT2D eigenvalue weighted by Gasteiger charge is 2.13. The van der Waals surface area contributed by atoms with Crippen LogP contribution in [0.25, 0.3) is 11.4 Å². The van der Waals surface area contributed by atoms with Gasteiger partial charge in [-0.2, -0.15) is 5.10 Å². The number of carbonyl (C=O) groups excluding carboxylic acids is 1. The molecule has 0 fully saturated rings. The van der Waals surface area contributed by atoms with Gasteiger partial charge in [-0.15, -0.1) is 0 Å². The average Bonchev–Trinajstić information content (AvgIpc) is 3.08. The summed E-state index contributed by atoms with van der Waals surface area (Å²) in [4.78, 5) is 14.2. The van der Waals surface area contributed by atoms with Crippen molar-refractivity contribution in [3.8, 4) is 17.1 Å². The molecule has 29 heavy (non-hydrogen) atoms. The number of nitrogens with one attached hydrogen (secondary N) is 1. The molecule has 1 amide bonds. The number of para-hydroxylation sites is 1. The minimum atomic E-state index is 0.0383. The van der Waals surface area contributed by atoms with Crippen molar-refractivity contribution in [1.82, 2.24) is 19.7 Å². The highest BCUT2D eigenvalue weighted by atomic mass is 32.1. The van der Waals surface area contributed by atoms with Crippen LogP contribution in [0.2, 0.25) is 0 Å². The monoisotopic (exact) mass is 410 g/mol. The number of aromatic amines is 1. The van der Waals surface area contributed by atoms with Crippen LogP contribution in [0, 0.1) is 18.6 Å². The van der Waals surface area contributed by atoms with Gasteiger partial charge in [0.15, 0.2) is 10.6 Å². The molecule has 0 aliphatic carbocycles. The van der Waals surface area contributed by atoms with Gasteiger partial charge in [-0.1, -0.05) is 48.0 Å². The highest BCUT2D eigenvalue weighted by Crippen LogP contribution is 2.19. The van der Waals surface area contributed by atoms with Crippen molar-refractivity contribution in [2.24, 2.45) is 0 Å². The Morgan fingerprint density at radius 1 is 1.17 bits per heavy atom. The number of amides is 1. The number of hydrogen-bond acceptors (Lipinski definition) is 4. The van der Waals surface area contributed by atoms with Crippen molar-refractivity contribution in [1.29, 1.82) is 0 Å². The van der Waals surface area contributed by atoms with E-state index in [1.165, 1.54) is 5.56 Å². The fourth-order valence-corrected chi connectivity index (χ4v) is 3.21. The van der Waals surface area contributed by atoms with Gasteiger partial charge in [0.05, 0.1) is 6.54 Å². The summed E-state index contributed by atoms with van der Waals surface area (Å²) in [7, 11) is 1.79. The van der Waals surface area contributed by atoms with Crippen molar-refractivity contribution in [2.45, 2.75) is 26.8 Å². The summed E-state index contributed by atoms with van der Waals surface area (Å²) in [5, 5.41) is 7.16. The number of aryl methyl sites for hydroxylation is 2. The third-order valence-corrected chi connectivity index (χ3v) is 5.13. The minimum absolute atomic E-state index is 0.0383. The second kappa shape index (κ2) is 9.52. The predicted octanol–water partition coefficient (Wildman–Crippen LogP) is 4.15. The van der Waals surface area contributed by atoms with E-state index >= 15 is 0 Å². The standard InChI is InChI=1S/C22H26N4O2S/c1-16-8-10-18(11-9-16)21-23-24-22(29)26(21)13-12-20(27)25(3)14-15-28-19-7-5-4-6-17(19)2/h4-11H,12-15H2,1-3H3,(H,24,29). The number of hydrogen-bond donors (Lipinski definition) is 1. The third-order valence-electron chi connectivity index (χ3n) is 4.82. The quantitative estimate of drug-likeness (QED) is 0.567. The lowest BCUT2D eigenvalue weighted by Crippen LogP contribution is -2.31. The summed E-state index contributed by atoms with van der Waals surface area (Å²) in [5.74, 6) is 1.63. The average molecular weight is 411 g/mol. The summed E-state index contributed by atoms with van der Waals surface area (Å²) in [6, 6.07) is 15.9. The molecule has 1 N–H and O–H groups in total. The number of aromatic nitrogens is 3. The van der Waals surface area contributed by atoms with E-state index in [-0.39, 0.29) is 5.91 Å². The molecule has 0 radical (unpaired) electrons. The molecule has 0 saturated heterocycles. The number of nitrogens with zero attached hydrogens (tertiary/aromatic N) is 3. The van der Waals surface area contributed by atoms with Crippen LogP contribution in [-0.4, -0.2) is 45.8 Å². The number of likely N-dealkylation sites (N-methyl/N-ethyl adjacent to an activating group) is 1. The third kappa shape index (κ3) is 5.32. The molecule has 7 heteroatoms. The molecular weight excluding hydrogens is 384 g/mol. The van der Waals surface area contributed by atoms with Crippen LogP contribution in [0.15, 0.2) is 48.5 Å². The van der Waals surface area contributed by atoms with Crippen molar-refractivity contribution in [2.75, 3.05) is 20.2 Å². The first-order valence-electron chi connectivity index (χ1n) is 9.60. The van der Waals surface area contributed by atoms with Gasteiger partial charge in [-0.25, -0.2) is 0 Å². The second-order valence-corrected chi connectivity index (χ2v) is 7.44. The number of carbonyl (C=O) groups is 1. The van der Waals surface area contributed by atoms with Crippen molar-refractivity contribution in [3.63, 3.8) is 0 Å². The van der Waals surface area contributed by atoms with E-state index in [0.29, 0.717) is 30.9 Å². The molecule has 0 atom stereocenters. The van der Waals surface area contributed by atoms with Gasteiger partial charge in [0, 0.05) is 25.6 Å². The first kappa shape index (κ1) is 20.8. The van der Waals surface area contributed by atoms with Gasteiger partial charge in [-0.05, 0) is 37.7 Å². The lowest BCUT2D eigenvalue weighted by molar-refractivity contribution is -0.130. The Balaban J connectivity index is 1.55. The van der Waals surface area contributed by atoms with Crippen LogP contribution < -0.4 is 4.74 Å². The summed E-state index contributed by atoms with van der Waals surface area (Å²) in [6.07, 6.45) is 0.341. The maximum atomic E-state index is 12.5. The van der Waals surface area contributed by atoms with Crippen molar-refractivity contribution < 1.29 is 9.53 Å². The van der Waals surface area contributed by atoms with Crippen molar-refractivity contribution in [3.05, 3.63) is 64.4 Å². The highest BCUT2D eigenvalue weighted by molar-refractivity contribution is 7.71. The van der Waals surface area contributed by atoms with Gasteiger partial charge in [0.1, 0.15) is 12.4 Å². The second-order valence-electron chi connectivity index (χ2n) is 7.05. The lowest BCUT2D eigenvalue weighted by Gasteiger charge is -2.18. The molecule has 6 nitrogen and oxygen atoms in total. The SMILES string of the molecule is Cc1ccc(-c2n[nH]c(=S)n2CCC(=O)N(C)CCOc2ccccc2C)cc1. The lowest BCUT2D eigenvalue weighted by atomic mass is 10.1. The zero-order valence-corrected chi connectivity index (χ0v) is 17.8. The molecule has 0 saturated carbocycles. The summed E-state index contributed by atoms with van der Waals surface area (Å²) in [5.41, 5.74) is 3.23. The summed E-state index contributed by atoms with van der Waals surface area (Å²) >= 11 is 5.35. The number of ether oxygens (including phenoxy) is 1. The first-order chi connectivity index (χ1) is 14.0. The fraction of sp³-hybridized carbons (Fsp3) is 0.318.